The second-order valence-electron chi connectivity index (χ2n) is 5.24. The van der Waals surface area contributed by atoms with Crippen molar-refractivity contribution in [1.29, 1.82) is 0 Å². The number of ether oxygens (including phenoxy) is 1. The molecule has 1 heterocycles. The van der Waals surface area contributed by atoms with Crippen molar-refractivity contribution in [1.82, 2.24) is 0 Å². The van der Waals surface area contributed by atoms with E-state index in [1.165, 1.54) is 12.1 Å². The van der Waals surface area contributed by atoms with E-state index in [1.54, 1.807) is 37.3 Å². The first-order valence-corrected chi connectivity index (χ1v) is 7.84. The Balaban J connectivity index is 2.01. The molecule has 6 nitrogen and oxygen atoms in total. The minimum Gasteiger partial charge on any atom is -0.402 e. The van der Waals surface area contributed by atoms with Gasteiger partial charge in [0.15, 0.2) is 5.70 Å². The Morgan fingerprint density at radius 3 is 2.72 bits per heavy atom. The average Bonchev–Trinajstić information content (AvgIpc) is 2.93. The first kappa shape index (κ1) is 17.1. The summed E-state index contributed by atoms with van der Waals surface area (Å²) in [7, 11) is 0. The fourth-order valence-corrected chi connectivity index (χ4v) is 2.61. The highest BCUT2D eigenvalue weighted by molar-refractivity contribution is 6.43. The van der Waals surface area contributed by atoms with Gasteiger partial charge in [0.05, 0.1) is 15.0 Å². The van der Waals surface area contributed by atoms with Gasteiger partial charge in [-0.3, -0.25) is 10.1 Å². The Hall–Kier alpha value is -2.70. The Kier molecular flexibility index (Phi) is 4.57. The molecular weight excluding hydrogens is 367 g/mol. The lowest BCUT2D eigenvalue weighted by Crippen LogP contribution is -2.06. The maximum Gasteiger partial charge on any atom is 0.363 e. The number of nitro groups is 1. The van der Waals surface area contributed by atoms with Crippen molar-refractivity contribution < 1.29 is 14.5 Å². The van der Waals surface area contributed by atoms with Gasteiger partial charge >= 0.3 is 5.97 Å². The third-order valence-electron chi connectivity index (χ3n) is 3.55. The Morgan fingerprint density at radius 1 is 1.24 bits per heavy atom. The van der Waals surface area contributed by atoms with Gasteiger partial charge in [-0.1, -0.05) is 41.4 Å². The third kappa shape index (κ3) is 3.40. The SMILES string of the molecule is Cc1ccc(C2=N/C(=C\c3cccc(Cl)c3Cl)C(=O)O2)cc1[N+](=O)[O-]. The number of hydrogen-bond donors (Lipinski definition) is 0. The van der Waals surface area contributed by atoms with E-state index < -0.39 is 10.9 Å². The number of rotatable bonds is 3. The predicted octanol–water partition coefficient (Wildman–Crippen LogP) is 4.55. The van der Waals surface area contributed by atoms with Gasteiger partial charge in [0.2, 0.25) is 5.90 Å². The Bertz CT molecular complexity index is 967. The second kappa shape index (κ2) is 6.66. The summed E-state index contributed by atoms with van der Waals surface area (Å²) in [5.41, 5.74) is 1.31. The van der Waals surface area contributed by atoms with Crippen molar-refractivity contribution in [3.63, 3.8) is 0 Å². The molecule has 3 rings (SSSR count). The monoisotopic (exact) mass is 376 g/mol. The molecule has 0 saturated carbocycles. The lowest BCUT2D eigenvalue weighted by molar-refractivity contribution is -0.385. The lowest BCUT2D eigenvalue weighted by Gasteiger charge is -2.01. The topological polar surface area (TPSA) is 81.8 Å². The fourth-order valence-electron chi connectivity index (χ4n) is 2.25. The number of carbonyl (C=O) groups excluding carboxylic acids is 1. The fraction of sp³-hybridized carbons (Fsp3) is 0.0588. The van der Waals surface area contributed by atoms with E-state index in [0.717, 1.165) is 0 Å². The van der Waals surface area contributed by atoms with Crippen LogP contribution in [0.2, 0.25) is 10.0 Å². The van der Waals surface area contributed by atoms with E-state index in [9.17, 15) is 14.9 Å². The largest absolute Gasteiger partial charge is 0.402 e. The standard InChI is InChI=1S/C17H10Cl2N2O4/c1-9-5-6-11(8-14(9)21(23)24)16-20-13(17(22)25-16)7-10-3-2-4-12(18)15(10)19/h2-8H,1H3/b13-7-. The van der Waals surface area contributed by atoms with Gasteiger partial charge in [0.1, 0.15) is 0 Å². The maximum atomic E-state index is 12.0. The summed E-state index contributed by atoms with van der Waals surface area (Å²) in [6, 6.07) is 9.48. The Morgan fingerprint density at radius 2 is 2.00 bits per heavy atom. The van der Waals surface area contributed by atoms with Crippen molar-refractivity contribution >= 4 is 46.8 Å². The number of halogens is 2. The number of cyclic esters (lactones) is 1. The minimum atomic E-state index is -0.672. The van der Waals surface area contributed by atoms with Crippen LogP contribution in [0.5, 0.6) is 0 Å². The smallest absolute Gasteiger partial charge is 0.363 e. The number of nitrogens with zero attached hydrogens (tertiary/aromatic N) is 2. The van der Waals surface area contributed by atoms with Crippen LogP contribution in [0, 0.1) is 17.0 Å². The van der Waals surface area contributed by atoms with E-state index >= 15 is 0 Å². The molecule has 25 heavy (non-hydrogen) atoms. The summed E-state index contributed by atoms with van der Waals surface area (Å²) < 4.78 is 5.12. The molecule has 2 aromatic carbocycles. The van der Waals surface area contributed by atoms with E-state index in [1.807, 2.05) is 0 Å². The van der Waals surface area contributed by atoms with Gasteiger partial charge in [-0.05, 0) is 30.7 Å². The van der Waals surface area contributed by atoms with Crippen LogP contribution in [0.25, 0.3) is 6.08 Å². The van der Waals surface area contributed by atoms with Crippen LogP contribution in [-0.4, -0.2) is 16.8 Å². The molecule has 1 aliphatic rings. The zero-order valence-corrected chi connectivity index (χ0v) is 14.3. The molecule has 126 valence electrons. The maximum absolute atomic E-state index is 12.0. The molecule has 0 fully saturated rings. The molecule has 0 spiro atoms. The number of benzene rings is 2. The van der Waals surface area contributed by atoms with E-state index in [2.05, 4.69) is 4.99 Å². The summed E-state index contributed by atoms with van der Waals surface area (Å²) in [6.45, 7) is 1.62. The Labute approximate surface area is 152 Å². The molecule has 2 aromatic rings. The van der Waals surface area contributed by atoms with Crippen LogP contribution >= 0.6 is 23.2 Å². The van der Waals surface area contributed by atoms with Crippen molar-refractivity contribution in [3.8, 4) is 0 Å². The van der Waals surface area contributed by atoms with Crippen LogP contribution in [0.1, 0.15) is 16.7 Å². The van der Waals surface area contributed by atoms with Crippen molar-refractivity contribution in [2.45, 2.75) is 6.92 Å². The molecule has 1 aliphatic heterocycles. The van der Waals surface area contributed by atoms with E-state index in [4.69, 9.17) is 27.9 Å². The molecule has 0 aliphatic carbocycles. The van der Waals surface area contributed by atoms with Crippen molar-refractivity contribution in [2.75, 3.05) is 0 Å². The van der Waals surface area contributed by atoms with Crippen LogP contribution in [0.3, 0.4) is 0 Å². The quantitative estimate of drug-likeness (QED) is 0.340. The molecule has 0 unspecified atom stereocenters. The summed E-state index contributed by atoms with van der Waals surface area (Å²) >= 11 is 12.0. The number of aryl methyl sites for hydroxylation is 1. The number of carbonyl (C=O) groups is 1. The summed E-state index contributed by atoms with van der Waals surface area (Å²) in [5.74, 6) is -0.674. The van der Waals surface area contributed by atoms with Gasteiger partial charge in [-0.25, -0.2) is 9.79 Å². The van der Waals surface area contributed by atoms with Gasteiger partial charge in [0.25, 0.3) is 5.69 Å². The molecule has 0 bridgehead atoms. The first-order valence-electron chi connectivity index (χ1n) is 7.09. The second-order valence-corrected chi connectivity index (χ2v) is 6.02. The highest BCUT2D eigenvalue weighted by Crippen LogP contribution is 2.29. The molecular formula is C17H10Cl2N2O4. The van der Waals surface area contributed by atoms with E-state index in [0.29, 0.717) is 26.7 Å². The zero-order chi connectivity index (χ0) is 18.1. The number of hydrogen-bond acceptors (Lipinski definition) is 5. The van der Waals surface area contributed by atoms with Crippen molar-refractivity contribution in [2.24, 2.45) is 4.99 Å². The lowest BCUT2D eigenvalue weighted by atomic mass is 10.1. The third-order valence-corrected chi connectivity index (χ3v) is 4.38. The van der Waals surface area contributed by atoms with Gasteiger partial charge in [0, 0.05) is 17.2 Å². The molecule has 0 radical (unpaired) electrons. The van der Waals surface area contributed by atoms with Crippen LogP contribution in [0.15, 0.2) is 47.1 Å². The molecule has 0 aromatic heterocycles. The number of nitro benzene ring substituents is 1. The van der Waals surface area contributed by atoms with Crippen LogP contribution in [-0.2, 0) is 9.53 Å². The van der Waals surface area contributed by atoms with Gasteiger partial charge in [-0.2, -0.15) is 0 Å². The summed E-state index contributed by atoms with van der Waals surface area (Å²) in [6.07, 6.45) is 1.45. The minimum absolute atomic E-state index is 0.00231. The number of esters is 1. The zero-order valence-electron chi connectivity index (χ0n) is 12.8. The molecule has 0 amide bonds. The van der Waals surface area contributed by atoms with Crippen molar-refractivity contribution in [3.05, 3.63) is 78.9 Å². The molecule has 8 heteroatoms. The normalized spacial score (nSPS) is 15.2. The molecule has 0 N–H and O–H groups in total. The van der Waals surface area contributed by atoms with Crippen LogP contribution in [0.4, 0.5) is 5.69 Å². The average molecular weight is 377 g/mol. The first-order chi connectivity index (χ1) is 11.9. The van der Waals surface area contributed by atoms with Gasteiger partial charge < -0.3 is 4.74 Å². The van der Waals surface area contributed by atoms with Gasteiger partial charge in [-0.15, -0.1) is 0 Å². The highest BCUT2D eigenvalue weighted by atomic mass is 35.5. The number of aliphatic imine (C=N–C) groups is 1. The molecule has 0 atom stereocenters. The highest BCUT2D eigenvalue weighted by Gasteiger charge is 2.26. The summed E-state index contributed by atoms with van der Waals surface area (Å²) in [5, 5.41) is 11.7. The summed E-state index contributed by atoms with van der Waals surface area (Å²) in [4.78, 5) is 26.7. The predicted molar refractivity (Wildman–Crippen MR) is 94.9 cm³/mol. The molecule has 0 saturated heterocycles. The van der Waals surface area contributed by atoms with Crippen LogP contribution < -0.4 is 0 Å². The van der Waals surface area contributed by atoms with E-state index in [-0.39, 0.29) is 17.3 Å².